The molecule has 0 aliphatic carbocycles. The highest BCUT2D eigenvalue weighted by atomic mass is 35.5. The van der Waals surface area contributed by atoms with Gasteiger partial charge in [-0.25, -0.2) is 13.6 Å². The summed E-state index contributed by atoms with van der Waals surface area (Å²) in [7, 11) is 0.781. The average molecular weight is 218 g/mol. The maximum absolute atomic E-state index is 12.8. The van der Waals surface area contributed by atoms with Gasteiger partial charge in [0.25, 0.3) is 0 Å². The van der Waals surface area contributed by atoms with Crippen molar-refractivity contribution in [3.63, 3.8) is 0 Å². The first-order valence-corrected chi connectivity index (χ1v) is 3.30. The zero-order valence-electron chi connectivity index (χ0n) is 5.78. The lowest BCUT2D eigenvalue weighted by atomic mass is 10.2. The van der Waals surface area contributed by atoms with Crippen LogP contribution in [0.4, 0.5) is 8.78 Å². The lowest BCUT2D eigenvalue weighted by molar-refractivity contribution is -0.152. The van der Waals surface area contributed by atoms with E-state index in [9.17, 15) is 13.6 Å². The molecule has 0 saturated carbocycles. The number of methoxy groups -OCH3 is 1. The number of halogens is 4. The van der Waals surface area contributed by atoms with E-state index < -0.39 is 16.2 Å². The summed E-state index contributed by atoms with van der Waals surface area (Å²) >= 11 is 9.36. The molecule has 68 valence electrons. The van der Waals surface area contributed by atoms with Crippen molar-refractivity contribution in [2.24, 2.45) is 0 Å². The SMILES string of the molecule is COC(=O)C(F)(Cl)C(F)(Cl)C#N. The molecule has 0 aromatic carbocycles. The first kappa shape index (κ1) is 11.4. The Labute approximate surface area is 76.8 Å². The van der Waals surface area contributed by atoms with Crippen LogP contribution >= 0.6 is 23.2 Å². The van der Waals surface area contributed by atoms with Crippen LogP contribution in [0.5, 0.6) is 0 Å². The molecule has 2 atom stereocenters. The highest BCUT2D eigenvalue weighted by molar-refractivity contribution is 6.41. The molecule has 12 heavy (non-hydrogen) atoms. The monoisotopic (exact) mass is 217 g/mol. The Hall–Kier alpha value is -0.600. The fourth-order valence-corrected chi connectivity index (χ4v) is 0.523. The third-order valence-electron chi connectivity index (χ3n) is 0.977. The van der Waals surface area contributed by atoms with Gasteiger partial charge in [0, 0.05) is 0 Å². The fraction of sp³-hybridized carbons (Fsp3) is 0.600. The van der Waals surface area contributed by atoms with E-state index in [4.69, 9.17) is 16.9 Å². The molecule has 0 amide bonds. The van der Waals surface area contributed by atoms with Crippen LogP contribution in [-0.2, 0) is 9.53 Å². The predicted molar refractivity (Wildman–Crippen MR) is 37.0 cm³/mol. The predicted octanol–water partition coefficient (Wildman–Crippen LogP) is 1.49. The largest absolute Gasteiger partial charge is 0.466 e. The Morgan fingerprint density at radius 2 is 2.00 bits per heavy atom. The minimum atomic E-state index is -3.70. The number of carbonyl (C=O) groups is 1. The van der Waals surface area contributed by atoms with Crippen LogP contribution in [0.3, 0.4) is 0 Å². The third-order valence-corrected chi connectivity index (χ3v) is 1.83. The molecule has 0 heterocycles. The number of ether oxygens (including phenoxy) is 1. The zero-order chi connectivity index (χ0) is 9.99. The summed E-state index contributed by atoms with van der Waals surface area (Å²) in [6, 6.07) is 0.688. The van der Waals surface area contributed by atoms with Crippen LogP contribution in [0.1, 0.15) is 0 Å². The van der Waals surface area contributed by atoms with Gasteiger partial charge in [0.15, 0.2) is 0 Å². The molecule has 0 spiro atoms. The molecule has 0 aromatic heterocycles. The summed E-state index contributed by atoms with van der Waals surface area (Å²) in [4.78, 5) is 10.4. The molecule has 0 rings (SSSR count). The summed E-state index contributed by atoms with van der Waals surface area (Å²) < 4.78 is 29.2. The van der Waals surface area contributed by atoms with Crippen LogP contribution in [0.15, 0.2) is 0 Å². The van der Waals surface area contributed by atoms with Crippen molar-refractivity contribution in [3.05, 3.63) is 0 Å². The number of rotatable bonds is 2. The van der Waals surface area contributed by atoms with Gasteiger partial charge in [-0.15, -0.1) is 0 Å². The Morgan fingerprint density at radius 1 is 1.58 bits per heavy atom. The first-order chi connectivity index (χ1) is 5.29. The van der Waals surface area contributed by atoms with Crippen LogP contribution in [0.25, 0.3) is 0 Å². The minimum Gasteiger partial charge on any atom is -0.466 e. The molecule has 7 heteroatoms. The number of hydrogen-bond acceptors (Lipinski definition) is 3. The van der Waals surface area contributed by atoms with Crippen LogP contribution in [0.2, 0.25) is 0 Å². The molecule has 0 bridgehead atoms. The minimum absolute atomic E-state index is 0.688. The average Bonchev–Trinajstić information content (AvgIpc) is 2.02. The van der Waals surface area contributed by atoms with Gasteiger partial charge in [-0.3, -0.25) is 0 Å². The van der Waals surface area contributed by atoms with Gasteiger partial charge in [-0.2, -0.15) is 5.26 Å². The third kappa shape index (κ3) is 1.76. The maximum Gasteiger partial charge on any atom is 0.365 e. The fourth-order valence-electron chi connectivity index (χ4n) is 0.327. The van der Waals surface area contributed by atoms with Gasteiger partial charge in [-0.05, 0) is 0 Å². The number of alkyl halides is 4. The summed E-state index contributed by atoms with van der Waals surface area (Å²) in [6.07, 6.45) is 0. The van der Waals surface area contributed by atoms with Crippen LogP contribution in [-0.4, -0.2) is 23.3 Å². The standard InChI is InChI=1S/C5H3Cl2F2NO2/c1-12-3(11)5(7,9)4(6,8)2-10/h1H3. The summed E-state index contributed by atoms with van der Waals surface area (Å²) in [5.74, 6) is -1.76. The smallest absolute Gasteiger partial charge is 0.365 e. The number of hydrogen-bond donors (Lipinski definition) is 0. The van der Waals surface area contributed by atoms with Crippen LogP contribution < -0.4 is 0 Å². The highest BCUT2D eigenvalue weighted by Gasteiger charge is 2.59. The lowest BCUT2D eigenvalue weighted by Crippen LogP contribution is -2.45. The van der Waals surface area contributed by atoms with Crippen LogP contribution in [0, 0.1) is 11.3 Å². The van der Waals surface area contributed by atoms with Gasteiger partial charge in [-0.1, -0.05) is 23.2 Å². The lowest BCUT2D eigenvalue weighted by Gasteiger charge is -2.20. The quantitative estimate of drug-likeness (QED) is 0.521. The molecule has 3 nitrogen and oxygen atoms in total. The summed E-state index contributed by atoms with van der Waals surface area (Å²) in [5.41, 5.74) is 0. The normalized spacial score (nSPS) is 20.0. The van der Waals surface area contributed by atoms with Gasteiger partial charge in [0.1, 0.15) is 6.07 Å². The maximum atomic E-state index is 12.8. The van der Waals surface area contributed by atoms with Crippen molar-refractivity contribution in [2.75, 3.05) is 7.11 Å². The number of nitriles is 1. The van der Waals surface area contributed by atoms with Crippen molar-refractivity contribution >= 4 is 29.2 Å². The second-order valence-corrected chi connectivity index (χ2v) is 2.79. The van der Waals surface area contributed by atoms with Crippen molar-refractivity contribution in [1.82, 2.24) is 0 Å². The van der Waals surface area contributed by atoms with E-state index in [-0.39, 0.29) is 0 Å². The molecule has 0 aromatic rings. The van der Waals surface area contributed by atoms with E-state index in [2.05, 4.69) is 16.3 Å². The van der Waals surface area contributed by atoms with Crippen molar-refractivity contribution in [1.29, 1.82) is 5.26 Å². The molecule has 0 fully saturated rings. The molecule has 0 aliphatic rings. The van der Waals surface area contributed by atoms with Crippen molar-refractivity contribution in [2.45, 2.75) is 10.3 Å². The molecule has 0 radical (unpaired) electrons. The summed E-state index contributed by atoms with van der Waals surface area (Å²) in [6.45, 7) is 0. The topological polar surface area (TPSA) is 50.1 Å². The zero-order valence-corrected chi connectivity index (χ0v) is 7.29. The second-order valence-electron chi connectivity index (χ2n) is 1.75. The highest BCUT2D eigenvalue weighted by Crippen LogP contribution is 2.38. The van der Waals surface area contributed by atoms with E-state index in [1.165, 1.54) is 0 Å². The van der Waals surface area contributed by atoms with E-state index in [0.29, 0.717) is 6.07 Å². The molecular formula is C5H3Cl2F2NO2. The van der Waals surface area contributed by atoms with Crippen molar-refractivity contribution < 1.29 is 18.3 Å². The number of esters is 1. The van der Waals surface area contributed by atoms with Gasteiger partial charge in [0.2, 0.25) is 0 Å². The Morgan fingerprint density at radius 3 is 2.25 bits per heavy atom. The Bertz CT molecular complexity index is 236. The molecular weight excluding hydrogens is 215 g/mol. The van der Waals surface area contributed by atoms with E-state index in [0.717, 1.165) is 7.11 Å². The van der Waals surface area contributed by atoms with E-state index in [1.807, 2.05) is 0 Å². The Balaban J connectivity index is 4.87. The Kier molecular flexibility index (Phi) is 3.25. The van der Waals surface area contributed by atoms with Crippen molar-refractivity contribution in [3.8, 4) is 6.07 Å². The number of carbonyl (C=O) groups excluding carboxylic acids is 1. The van der Waals surface area contributed by atoms with E-state index >= 15 is 0 Å². The molecule has 0 saturated heterocycles. The number of nitrogens with zero attached hydrogens (tertiary/aromatic N) is 1. The van der Waals surface area contributed by atoms with Gasteiger partial charge in [0.05, 0.1) is 7.11 Å². The van der Waals surface area contributed by atoms with E-state index in [1.54, 1.807) is 0 Å². The second kappa shape index (κ2) is 3.42. The molecule has 0 aliphatic heterocycles. The van der Waals surface area contributed by atoms with Gasteiger partial charge >= 0.3 is 16.2 Å². The first-order valence-electron chi connectivity index (χ1n) is 2.55. The molecule has 0 N–H and O–H groups in total. The van der Waals surface area contributed by atoms with Gasteiger partial charge < -0.3 is 4.74 Å². The molecule has 2 unspecified atom stereocenters. The summed E-state index contributed by atoms with van der Waals surface area (Å²) in [5, 5.41) is 0.651.